The summed E-state index contributed by atoms with van der Waals surface area (Å²) in [6.45, 7) is 3.09. The van der Waals surface area contributed by atoms with E-state index in [9.17, 15) is 4.39 Å². The third-order valence-corrected chi connectivity index (χ3v) is 3.51. The fourth-order valence-electron chi connectivity index (χ4n) is 2.10. The number of hydrogen-bond acceptors (Lipinski definition) is 2. The average Bonchev–Trinajstić information content (AvgIpc) is 2.42. The second-order valence-corrected chi connectivity index (χ2v) is 5.09. The Morgan fingerprint density at radius 1 is 1.16 bits per heavy atom. The molecular formula is C15H16BrFN2. The van der Waals surface area contributed by atoms with Crippen molar-refractivity contribution in [3.05, 3.63) is 58.3 Å². The second-order valence-electron chi connectivity index (χ2n) is 4.17. The Morgan fingerprint density at radius 2 is 1.89 bits per heavy atom. The van der Waals surface area contributed by atoms with Crippen LogP contribution in [0.2, 0.25) is 0 Å². The number of nitrogens with zero attached hydrogens (tertiary/aromatic N) is 1. The lowest BCUT2D eigenvalue weighted by Crippen LogP contribution is -2.19. The fraction of sp³-hybridized carbons (Fsp3) is 0.200. The molecule has 0 saturated carbocycles. The van der Waals surface area contributed by atoms with Crippen LogP contribution >= 0.6 is 15.9 Å². The SMILES string of the molecule is CCN(c1ccccc1F)c1cc(Br)ccc1CN. The highest BCUT2D eigenvalue weighted by Gasteiger charge is 2.14. The molecule has 0 amide bonds. The lowest BCUT2D eigenvalue weighted by atomic mass is 10.1. The van der Waals surface area contributed by atoms with Gasteiger partial charge >= 0.3 is 0 Å². The van der Waals surface area contributed by atoms with Crippen LogP contribution in [0.15, 0.2) is 46.9 Å². The third-order valence-electron chi connectivity index (χ3n) is 3.02. The first-order valence-electron chi connectivity index (χ1n) is 6.18. The molecule has 0 unspecified atom stereocenters. The Bertz CT molecular complexity index is 572. The van der Waals surface area contributed by atoms with Gasteiger partial charge in [-0.05, 0) is 36.8 Å². The van der Waals surface area contributed by atoms with Gasteiger partial charge in [0.25, 0.3) is 0 Å². The molecule has 2 rings (SSSR count). The van der Waals surface area contributed by atoms with Gasteiger partial charge < -0.3 is 10.6 Å². The van der Waals surface area contributed by atoms with Crippen LogP contribution in [0, 0.1) is 5.82 Å². The van der Waals surface area contributed by atoms with Crippen LogP contribution in [0.5, 0.6) is 0 Å². The van der Waals surface area contributed by atoms with Crippen LogP contribution < -0.4 is 10.6 Å². The van der Waals surface area contributed by atoms with E-state index in [1.807, 2.05) is 36.1 Å². The zero-order chi connectivity index (χ0) is 13.8. The summed E-state index contributed by atoms with van der Waals surface area (Å²) >= 11 is 3.45. The molecule has 0 radical (unpaired) electrons. The van der Waals surface area contributed by atoms with E-state index in [0.29, 0.717) is 18.8 Å². The van der Waals surface area contributed by atoms with Gasteiger partial charge in [0, 0.05) is 23.2 Å². The molecule has 2 N–H and O–H groups in total. The predicted octanol–water partition coefficient (Wildman–Crippen LogP) is 4.20. The molecule has 4 heteroatoms. The van der Waals surface area contributed by atoms with E-state index in [2.05, 4.69) is 15.9 Å². The van der Waals surface area contributed by atoms with Gasteiger partial charge in [0.15, 0.2) is 0 Å². The maximum absolute atomic E-state index is 14.0. The highest BCUT2D eigenvalue weighted by Crippen LogP contribution is 2.32. The summed E-state index contributed by atoms with van der Waals surface area (Å²) in [4.78, 5) is 1.93. The second kappa shape index (κ2) is 6.17. The van der Waals surface area contributed by atoms with Crippen molar-refractivity contribution in [3.63, 3.8) is 0 Å². The Kier molecular flexibility index (Phi) is 4.56. The summed E-state index contributed by atoms with van der Waals surface area (Å²) in [5.41, 5.74) is 8.27. The molecule has 2 aromatic rings. The normalized spacial score (nSPS) is 10.5. The van der Waals surface area contributed by atoms with Crippen molar-refractivity contribution in [1.29, 1.82) is 0 Å². The molecule has 0 bridgehead atoms. The van der Waals surface area contributed by atoms with E-state index in [4.69, 9.17) is 5.73 Å². The van der Waals surface area contributed by atoms with E-state index >= 15 is 0 Å². The van der Waals surface area contributed by atoms with Crippen molar-refractivity contribution in [2.75, 3.05) is 11.4 Å². The highest BCUT2D eigenvalue weighted by atomic mass is 79.9. The van der Waals surface area contributed by atoms with E-state index < -0.39 is 0 Å². The summed E-state index contributed by atoms with van der Waals surface area (Å²) in [5.74, 6) is -0.229. The fourth-order valence-corrected chi connectivity index (χ4v) is 2.45. The van der Waals surface area contributed by atoms with E-state index in [1.165, 1.54) is 6.07 Å². The molecule has 0 saturated heterocycles. The topological polar surface area (TPSA) is 29.3 Å². The average molecular weight is 323 g/mol. The Hall–Kier alpha value is -1.39. The first kappa shape index (κ1) is 14.0. The summed E-state index contributed by atoms with van der Waals surface area (Å²) in [6, 6.07) is 12.7. The van der Waals surface area contributed by atoms with E-state index in [0.717, 1.165) is 15.7 Å². The molecule has 0 aromatic heterocycles. The van der Waals surface area contributed by atoms with Gasteiger partial charge in [-0.15, -0.1) is 0 Å². The molecule has 19 heavy (non-hydrogen) atoms. The van der Waals surface area contributed by atoms with Crippen molar-refractivity contribution in [2.45, 2.75) is 13.5 Å². The maximum Gasteiger partial charge on any atom is 0.146 e. The van der Waals surface area contributed by atoms with Gasteiger partial charge in [-0.1, -0.05) is 34.1 Å². The number of halogens is 2. The molecule has 0 aliphatic carbocycles. The first-order chi connectivity index (χ1) is 9.17. The first-order valence-corrected chi connectivity index (χ1v) is 6.97. The molecule has 0 atom stereocenters. The predicted molar refractivity (Wildman–Crippen MR) is 81.1 cm³/mol. The molecule has 0 aliphatic rings. The maximum atomic E-state index is 14.0. The Labute approximate surface area is 121 Å². The van der Waals surface area contributed by atoms with Crippen molar-refractivity contribution < 1.29 is 4.39 Å². The number of nitrogens with two attached hydrogens (primary N) is 1. The lowest BCUT2D eigenvalue weighted by Gasteiger charge is -2.26. The molecule has 0 aliphatic heterocycles. The van der Waals surface area contributed by atoms with Gasteiger partial charge in [-0.3, -0.25) is 0 Å². The zero-order valence-corrected chi connectivity index (χ0v) is 12.3. The smallest absolute Gasteiger partial charge is 0.146 e. The van der Waals surface area contributed by atoms with Gasteiger partial charge in [-0.2, -0.15) is 0 Å². The van der Waals surface area contributed by atoms with Crippen LogP contribution in [0.25, 0.3) is 0 Å². The van der Waals surface area contributed by atoms with Crippen LogP contribution in [-0.4, -0.2) is 6.54 Å². The molecule has 2 aromatic carbocycles. The minimum atomic E-state index is -0.229. The summed E-state index contributed by atoms with van der Waals surface area (Å²) in [7, 11) is 0. The minimum absolute atomic E-state index is 0.229. The van der Waals surface area contributed by atoms with Crippen LogP contribution in [0.3, 0.4) is 0 Å². The van der Waals surface area contributed by atoms with E-state index in [1.54, 1.807) is 12.1 Å². The van der Waals surface area contributed by atoms with Crippen molar-refractivity contribution in [3.8, 4) is 0 Å². The number of rotatable bonds is 4. The number of para-hydroxylation sites is 1. The lowest BCUT2D eigenvalue weighted by molar-refractivity contribution is 0.625. The van der Waals surface area contributed by atoms with Crippen molar-refractivity contribution in [2.24, 2.45) is 5.73 Å². The zero-order valence-electron chi connectivity index (χ0n) is 10.7. The molecule has 0 fully saturated rings. The molecule has 0 heterocycles. The Morgan fingerprint density at radius 3 is 2.53 bits per heavy atom. The summed E-state index contributed by atoms with van der Waals surface area (Å²) in [6.07, 6.45) is 0. The molecular weight excluding hydrogens is 307 g/mol. The monoisotopic (exact) mass is 322 g/mol. The number of anilines is 2. The number of hydrogen-bond donors (Lipinski definition) is 1. The summed E-state index contributed by atoms with van der Waals surface area (Å²) < 4.78 is 14.9. The third kappa shape index (κ3) is 2.96. The Balaban J connectivity index is 2.54. The standard InChI is InChI=1S/C15H16BrFN2/c1-2-19(14-6-4-3-5-13(14)17)15-9-12(16)8-7-11(15)10-18/h3-9H,2,10,18H2,1H3. The quantitative estimate of drug-likeness (QED) is 0.913. The van der Waals surface area contributed by atoms with Crippen molar-refractivity contribution >= 4 is 27.3 Å². The van der Waals surface area contributed by atoms with Gasteiger partial charge in [0.1, 0.15) is 5.82 Å². The number of benzene rings is 2. The van der Waals surface area contributed by atoms with E-state index in [-0.39, 0.29) is 5.82 Å². The minimum Gasteiger partial charge on any atom is -0.339 e. The van der Waals surface area contributed by atoms with Gasteiger partial charge in [0.2, 0.25) is 0 Å². The van der Waals surface area contributed by atoms with Gasteiger partial charge in [0.05, 0.1) is 5.69 Å². The van der Waals surface area contributed by atoms with Crippen LogP contribution in [0.1, 0.15) is 12.5 Å². The van der Waals surface area contributed by atoms with Crippen LogP contribution in [0.4, 0.5) is 15.8 Å². The largest absolute Gasteiger partial charge is 0.339 e. The molecule has 100 valence electrons. The molecule has 2 nitrogen and oxygen atoms in total. The molecule has 0 spiro atoms. The van der Waals surface area contributed by atoms with Crippen LogP contribution in [-0.2, 0) is 6.54 Å². The highest BCUT2D eigenvalue weighted by molar-refractivity contribution is 9.10. The van der Waals surface area contributed by atoms with Gasteiger partial charge in [-0.25, -0.2) is 4.39 Å². The summed E-state index contributed by atoms with van der Waals surface area (Å²) in [5, 5.41) is 0. The van der Waals surface area contributed by atoms with Crippen molar-refractivity contribution in [1.82, 2.24) is 0 Å².